The number of nitrogens with one attached hydrogen (secondary N) is 1. The molecule has 1 rings (SSSR count). The third kappa shape index (κ3) is 4.83. The molecule has 0 aliphatic heterocycles. The number of carbonyl (C=O) groups excluding carboxylic acids is 1. The third-order valence-electron chi connectivity index (χ3n) is 2.42. The number of likely N-dealkylation sites (N-methyl/N-ethyl adjacent to an activating group) is 1. The van der Waals surface area contributed by atoms with Gasteiger partial charge in [-0.15, -0.1) is 11.3 Å². The molecule has 0 saturated carbocycles. The van der Waals surface area contributed by atoms with Crippen molar-refractivity contribution in [1.29, 1.82) is 0 Å². The number of carbonyl (C=O) groups is 1. The van der Waals surface area contributed by atoms with Crippen molar-refractivity contribution >= 4 is 17.2 Å². The van der Waals surface area contributed by atoms with Gasteiger partial charge in [-0.2, -0.15) is 0 Å². The van der Waals surface area contributed by atoms with Crippen LogP contribution in [0.1, 0.15) is 31.3 Å². The zero-order chi connectivity index (χ0) is 13.1. The molecule has 17 heavy (non-hydrogen) atoms. The molecule has 0 aliphatic rings. The number of rotatable bonds is 4. The van der Waals surface area contributed by atoms with Gasteiger partial charge in [0.25, 0.3) is 0 Å². The summed E-state index contributed by atoms with van der Waals surface area (Å²) in [7, 11) is 1.83. The van der Waals surface area contributed by atoms with Crippen molar-refractivity contribution in [1.82, 2.24) is 15.2 Å². The van der Waals surface area contributed by atoms with E-state index in [1.807, 2.05) is 40.3 Å². The highest BCUT2D eigenvalue weighted by Crippen LogP contribution is 2.14. The van der Waals surface area contributed by atoms with Crippen LogP contribution in [0.2, 0.25) is 0 Å². The van der Waals surface area contributed by atoms with Gasteiger partial charge < -0.3 is 10.2 Å². The fourth-order valence-electron chi connectivity index (χ4n) is 1.26. The lowest BCUT2D eigenvalue weighted by Gasteiger charge is -2.23. The van der Waals surface area contributed by atoms with Gasteiger partial charge in [-0.05, 0) is 27.7 Å². The molecule has 0 aromatic carbocycles. The van der Waals surface area contributed by atoms with E-state index < -0.39 is 0 Å². The predicted octanol–water partition coefficient (Wildman–Crippen LogP) is 1.80. The molecule has 0 unspecified atom stereocenters. The average Bonchev–Trinajstić information content (AvgIpc) is 2.59. The van der Waals surface area contributed by atoms with Crippen LogP contribution in [0.25, 0.3) is 0 Å². The first-order valence-corrected chi connectivity index (χ1v) is 6.55. The number of hydrogen-bond acceptors (Lipinski definition) is 4. The van der Waals surface area contributed by atoms with Crippen LogP contribution in [0.4, 0.5) is 0 Å². The second-order valence-electron chi connectivity index (χ2n) is 5.21. The summed E-state index contributed by atoms with van der Waals surface area (Å²) in [4.78, 5) is 18.9. The highest BCUT2D eigenvalue weighted by molar-refractivity contribution is 7.09. The van der Waals surface area contributed by atoms with E-state index in [1.54, 1.807) is 16.2 Å². The Morgan fingerprint density at radius 3 is 2.65 bits per heavy atom. The molecule has 1 heterocycles. The van der Waals surface area contributed by atoms with Gasteiger partial charge in [0.05, 0.1) is 24.3 Å². The minimum Gasteiger partial charge on any atom is -0.339 e. The summed E-state index contributed by atoms with van der Waals surface area (Å²) in [6.07, 6.45) is 0. The lowest BCUT2D eigenvalue weighted by Crippen LogP contribution is -2.43. The number of aryl methyl sites for hydroxylation is 1. The Bertz CT molecular complexity index is 381. The van der Waals surface area contributed by atoms with Crippen LogP contribution in [-0.2, 0) is 11.3 Å². The smallest absolute Gasteiger partial charge is 0.236 e. The van der Waals surface area contributed by atoms with E-state index >= 15 is 0 Å². The van der Waals surface area contributed by atoms with Crippen molar-refractivity contribution < 1.29 is 4.79 Å². The van der Waals surface area contributed by atoms with E-state index in [4.69, 9.17) is 0 Å². The summed E-state index contributed by atoms with van der Waals surface area (Å²) < 4.78 is 0. The van der Waals surface area contributed by atoms with E-state index in [2.05, 4.69) is 10.3 Å². The highest BCUT2D eigenvalue weighted by atomic mass is 32.1. The summed E-state index contributed by atoms with van der Waals surface area (Å²) in [6, 6.07) is 0. The van der Waals surface area contributed by atoms with Crippen LogP contribution in [0.3, 0.4) is 0 Å². The van der Waals surface area contributed by atoms with Crippen LogP contribution in [-0.4, -0.2) is 34.9 Å². The van der Waals surface area contributed by atoms with Crippen LogP contribution in [0.15, 0.2) is 5.51 Å². The average molecular weight is 255 g/mol. The largest absolute Gasteiger partial charge is 0.339 e. The maximum Gasteiger partial charge on any atom is 0.236 e. The Kier molecular flexibility index (Phi) is 4.65. The molecule has 1 aromatic heterocycles. The normalized spacial score (nSPS) is 11.6. The Morgan fingerprint density at radius 1 is 1.53 bits per heavy atom. The predicted molar refractivity (Wildman–Crippen MR) is 71.1 cm³/mol. The first-order chi connectivity index (χ1) is 7.79. The number of thiazole rings is 1. The van der Waals surface area contributed by atoms with Crippen molar-refractivity contribution in [2.24, 2.45) is 0 Å². The molecule has 4 nitrogen and oxygen atoms in total. The molecule has 1 N–H and O–H groups in total. The van der Waals surface area contributed by atoms with E-state index in [-0.39, 0.29) is 11.4 Å². The van der Waals surface area contributed by atoms with E-state index in [0.717, 1.165) is 10.6 Å². The molecule has 1 aromatic rings. The second-order valence-corrected chi connectivity index (χ2v) is 6.15. The molecule has 0 fully saturated rings. The van der Waals surface area contributed by atoms with E-state index in [0.29, 0.717) is 13.1 Å². The fraction of sp³-hybridized carbons (Fsp3) is 0.667. The third-order valence-corrected chi connectivity index (χ3v) is 3.34. The summed E-state index contributed by atoms with van der Waals surface area (Å²) in [6.45, 7) is 9.13. The topological polar surface area (TPSA) is 45.2 Å². The number of hydrogen-bond donors (Lipinski definition) is 1. The molecular formula is C12H21N3OS. The lowest BCUT2D eigenvalue weighted by atomic mass is 10.1. The van der Waals surface area contributed by atoms with Gasteiger partial charge in [0, 0.05) is 17.5 Å². The number of aromatic nitrogens is 1. The zero-order valence-electron chi connectivity index (χ0n) is 11.2. The fourth-order valence-corrected chi connectivity index (χ4v) is 2.09. The van der Waals surface area contributed by atoms with Gasteiger partial charge in [0.1, 0.15) is 0 Å². The van der Waals surface area contributed by atoms with E-state index in [1.165, 1.54) is 0 Å². The van der Waals surface area contributed by atoms with Gasteiger partial charge in [-0.25, -0.2) is 4.98 Å². The van der Waals surface area contributed by atoms with Crippen LogP contribution in [0, 0.1) is 6.92 Å². The van der Waals surface area contributed by atoms with Crippen molar-refractivity contribution in [3.05, 3.63) is 16.1 Å². The monoisotopic (exact) mass is 255 g/mol. The number of amides is 1. The Labute approximate surface area is 107 Å². The van der Waals surface area contributed by atoms with Crippen molar-refractivity contribution in [3.8, 4) is 0 Å². The van der Waals surface area contributed by atoms with Crippen LogP contribution in [0.5, 0.6) is 0 Å². The van der Waals surface area contributed by atoms with Gasteiger partial charge in [0.2, 0.25) is 5.91 Å². The van der Waals surface area contributed by atoms with Gasteiger partial charge in [-0.3, -0.25) is 4.79 Å². The van der Waals surface area contributed by atoms with Gasteiger partial charge >= 0.3 is 0 Å². The SMILES string of the molecule is Cc1ncsc1CN(C)C(=O)CNC(C)(C)C. The first kappa shape index (κ1) is 14.1. The highest BCUT2D eigenvalue weighted by Gasteiger charge is 2.15. The van der Waals surface area contributed by atoms with E-state index in [9.17, 15) is 4.79 Å². The molecule has 1 amide bonds. The summed E-state index contributed by atoms with van der Waals surface area (Å²) in [5, 5.41) is 3.19. The molecule has 96 valence electrons. The lowest BCUT2D eigenvalue weighted by molar-refractivity contribution is -0.129. The maximum absolute atomic E-state index is 11.9. The second kappa shape index (κ2) is 5.60. The van der Waals surface area contributed by atoms with Crippen molar-refractivity contribution in [2.75, 3.05) is 13.6 Å². The Balaban J connectivity index is 2.45. The molecular weight excluding hydrogens is 234 g/mol. The van der Waals surface area contributed by atoms with Gasteiger partial charge in [-0.1, -0.05) is 0 Å². The first-order valence-electron chi connectivity index (χ1n) is 5.67. The Morgan fingerprint density at radius 2 is 2.18 bits per heavy atom. The minimum absolute atomic E-state index is 0.0308. The van der Waals surface area contributed by atoms with Gasteiger partial charge in [0.15, 0.2) is 0 Å². The molecule has 0 aliphatic carbocycles. The quantitative estimate of drug-likeness (QED) is 0.892. The van der Waals surface area contributed by atoms with Crippen LogP contribution >= 0.6 is 11.3 Å². The maximum atomic E-state index is 11.9. The van der Waals surface area contributed by atoms with Crippen molar-refractivity contribution in [2.45, 2.75) is 39.8 Å². The summed E-state index contributed by atoms with van der Waals surface area (Å²) in [5.41, 5.74) is 2.80. The van der Waals surface area contributed by atoms with Crippen molar-refractivity contribution in [3.63, 3.8) is 0 Å². The van der Waals surface area contributed by atoms with Crippen LogP contribution < -0.4 is 5.32 Å². The molecule has 0 bridgehead atoms. The molecule has 0 spiro atoms. The molecule has 0 atom stereocenters. The standard InChI is InChI=1S/C12H21N3OS/c1-9-10(17-8-13-9)7-15(5)11(16)6-14-12(2,3)4/h8,14H,6-7H2,1-5H3. The Hall–Kier alpha value is -0.940. The molecule has 0 radical (unpaired) electrons. The zero-order valence-corrected chi connectivity index (χ0v) is 12.0. The summed E-state index contributed by atoms with van der Waals surface area (Å²) >= 11 is 1.59. The summed E-state index contributed by atoms with van der Waals surface area (Å²) in [5.74, 6) is 0.104. The molecule has 5 heteroatoms. The number of nitrogens with zero attached hydrogens (tertiary/aromatic N) is 2. The minimum atomic E-state index is -0.0308. The molecule has 0 saturated heterocycles.